The Morgan fingerprint density at radius 2 is 2.12 bits per heavy atom. The van der Waals surface area contributed by atoms with Crippen molar-refractivity contribution in [2.75, 3.05) is 12.3 Å². The third-order valence-electron chi connectivity index (χ3n) is 4.49. The molecule has 2 heterocycles. The maximum Gasteiger partial charge on any atom is 0.277 e. The van der Waals surface area contributed by atoms with Crippen LogP contribution in [0, 0.1) is 6.92 Å². The van der Waals surface area contributed by atoms with E-state index < -0.39 is 0 Å². The summed E-state index contributed by atoms with van der Waals surface area (Å²) in [5.74, 6) is 1.64. The SMILES string of the molecule is CCN(C(=O)CSc1nnc(-c2ccoc2C)o1)C1CCCCC1. The van der Waals surface area contributed by atoms with Crippen LogP contribution in [0.5, 0.6) is 0 Å². The van der Waals surface area contributed by atoms with Crippen molar-refractivity contribution in [3.05, 3.63) is 18.1 Å². The number of carbonyl (C=O) groups is 1. The molecule has 0 radical (unpaired) electrons. The minimum absolute atomic E-state index is 0.147. The van der Waals surface area contributed by atoms with Crippen molar-refractivity contribution in [3.8, 4) is 11.5 Å². The summed E-state index contributed by atoms with van der Waals surface area (Å²) in [6.07, 6.45) is 7.56. The van der Waals surface area contributed by atoms with Gasteiger partial charge in [0.15, 0.2) is 0 Å². The van der Waals surface area contributed by atoms with Crippen molar-refractivity contribution in [1.29, 1.82) is 0 Å². The van der Waals surface area contributed by atoms with E-state index in [1.54, 1.807) is 12.3 Å². The number of aromatic nitrogens is 2. The highest BCUT2D eigenvalue weighted by Gasteiger charge is 2.24. The minimum Gasteiger partial charge on any atom is -0.469 e. The van der Waals surface area contributed by atoms with Crippen molar-refractivity contribution < 1.29 is 13.6 Å². The lowest BCUT2D eigenvalue weighted by atomic mass is 9.94. The lowest BCUT2D eigenvalue weighted by Gasteiger charge is -2.33. The fourth-order valence-electron chi connectivity index (χ4n) is 3.22. The highest BCUT2D eigenvalue weighted by atomic mass is 32.2. The highest BCUT2D eigenvalue weighted by Crippen LogP contribution is 2.27. The number of hydrogen-bond donors (Lipinski definition) is 0. The van der Waals surface area contributed by atoms with Crippen molar-refractivity contribution in [2.24, 2.45) is 0 Å². The van der Waals surface area contributed by atoms with Gasteiger partial charge in [-0.3, -0.25) is 4.79 Å². The summed E-state index contributed by atoms with van der Waals surface area (Å²) >= 11 is 1.30. The summed E-state index contributed by atoms with van der Waals surface area (Å²) in [6.45, 7) is 4.65. The molecule has 1 aliphatic rings. The molecule has 0 spiro atoms. The van der Waals surface area contributed by atoms with E-state index in [0.29, 0.717) is 22.9 Å². The number of hydrogen-bond acceptors (Lipinski definition) is 6. The second-order valence-corrected chi connectivity index (χ2v) is 6.95. The lowest BCUT2D eigenvalue weighted by Crippen LogP contribution is -2.42. The minimum atomic E-state index is 0.147. The van der Waals surface area contributed by atoms with Gasteiger partial charge in [-0.05, 0) is 32.8 Å². The first kappa shape index (κ1) is 17.1. The Morgan fingerprint density at radius 3 is 2.79 bits per heavy atom. The van der Waals surface area contributed by atoms with Crippen LogP contribution in [0.1, 0.15) is 44.8 Å². The van der Waals surface area contributed by atoms with Crippen molar-refractivity contribution >= 4 is 17.7 Å². The van der Waals surface area contributed by atoms with E-state index in [1.807, 2.05) is 18.7 Å². The number of thioether (sulfide) groups is 1. The summed E-state index contributed by atoms with van der Waals surface area (Å²) in [7, 11) is 0. The molecule has 1 fully saturated rings. The van der Waals surface area contributed by atoms with Gasteiger partial charge in [-0.2, -0.15) is 0 Å². The van der Waals surface area contributed by atoms with Gasteiger partial charge in [-0.15, -0.1) is 10.2 Å². The Labute approximate surface area is 146 Å². The highest BCUT2D eigenvalue weighted by molar-refractivity contribution is 7.99. The van der Waals surface area contributed by atoms with Crippen LogP contribution < -0.4 is 0 Å². The van der Waals surface area contributed by atoms with E-state index >= 15 is 0 Å². The molecule has 1 aliphatic carbocycles. The predicted octanol–water partition coefficient (Wildman–Crippen LogP) is 3.91. The summed E-state index contributed by atoms with van der Waals surface area (Å²) in [5.41, 5.74) is 0.790. The van der Waals surface area contributed by atoms with Crippen LogP contribution in [0.15, 0.2) is 26.4 Å². The number of nitrogens with zero attached hydrogens (tertiary/aromatic N) is 3. The first-order chi connectivity index (χ1) is 11.7. The second kappa shape index (κ2) is 7.88. The van der Waals surface area contributed by atoms with Crippen LogP contribution >= 0.6 is 11.8 Å². The molecule has 1 saturated carbocycles. The molecule has 0 atom stereocenters. The molecule has 0 unspecified atom stereocenters. The molecule has 1 amide bonds. The smallest absolute Gasteiger partial charge is 0.277 e. The zero-order valence-electron chi connectivity index (χ0n) is 14.2. The molecule has 0 aromatic carbocycles. The van der Waals surface area contributed by atoms with Crippen LogP contribution in [0.3, 0.4) is 0 Å². The van der Waals surface area contributed by atoms with Crippen LogP contribution in [0.25, 0.3) is 11.5 Å². The summed E-state index contributed by atoms with van der Waals surface area (Å²) < 4.78 is 10.9. The molecule has 3 rings (SSSR count). The van der Waals surface area contributed by atoms with Crippen molar-refractivity contribution in [1.82, 2.24) is 15.1 Å². The zero-order chi connectivity index (χ0) is 16.9. The van der Waals surface area contributed by atoms with Gasteiger partial charge in [0.25, 0.3) is 11.1 Å². The molecule has 2 aromatic rings. The lowest BCUT2D eigenvalue weighted by molar-refractivity contribution is -0.131. The third-order valence-corrected chi connectivity index (χ3v) is 5.29. The average Bonchev–Trinajstić information content (AvgIpc) is 3.23. The van der Waals surface area contributed by atoms with Crippen molar-refractivity contribution in [3.63, 3.8) is 0 Å². The first-order valence-electron chi connectivity index (χ1n) is 8.49. The quantitative estimate of drug-likeness (QED) is 0.736. The Morgan fingerprint density at radius 1 is 1.33 bits per heavy atom. The largest absolute Gasteiger partial charge is 0.469 e. The number of aryl methyl sites for hydroxylation is 1. The fourth-order valence-corrected chi connectivity index (χ4v) is 3.87. The molecule has 7 heteroatoms. The molecule has 130 valence electrons. The molecular formula is C17H23N3O3S. The van der Waals surface area contributed by atoms with Crippen LogP contribution in [-0.2, 0) is 4.79 Å². The van der Waals surface area contributed by atoms with Gasteiger partial charge in [0, 0.05) is 12.6 Å². The molecular weight excluding hydrogens is 326 g/mol. The topological polar surface area (TPSA) is 72.4 Å². The predicted molar refractivity (Wildman–Crippen MR) is 91.7 cm³/mol. The van der Waals surface area contributed by atoms with E-state index in [2.05, 4.69) is 10.2 Å². The molecule has 0 N–H and O–H groups in total. The van der Waals surface area contributed by atoms with Gasteiger partial charge in [0.2, 0.25) is 5.91 Å². The van der Waals surface area contributed by atoms with Crippen molar-refractivity contribution in [2.45, 2.75) is 57.2 Å². The van der Waals surface area contributed by atoms with Gasteiger partial charge < -0.3 is 13.7 Å². The van der Waals surface area contributed by atoms with E-state index in [4.69, 9.17) is 8.83 Å². The van der Waals surface area contributed by atoms with Crippen LogP contribution in [-0.4, -0.2) is 39.3 Å². The van der Waals surface area contributed by atoms with E-state index in [9.17, 15) is 4.79 Å². The number of carbonyl (C=O) groups excluding carboxylic acids is 1. The molecule has 6 nitrogen and oxygen atoms in total. The van der Waals surface area contributed by atoms with Gasteiger partial charge in [0.05, 0.1) is 17.6 Å². The Hall–Kier alpha value is -1.76. The summed E-state index contributed by atoms with van der Waals surface area (Å²) in [6, 6.07) is 2.19. The second-order valence-electron chi connectivity index (χ2n) is 6.02. The standard InChI is InChI=1S/C17H23N3O3S/c1-3-20(13-7-5-4-6-8-13)15(21)11-24-17-19-18-16(23-17)14-9-10-22-12(14)2/h9-10,13H,3-8,11H2,1-2H3. The molecule has 2 aromatic heterocycles. The van der Waals surface area contributed by atoms with E-state index in [0.717, 1.165) is 30.7 Å². The third kappa shape index (κ3) is 3.83. The Bertz CT molecular complexity index is 676. The Kier molecular flexibility index (Phi) is 5.60. The maximum atomic E-state index is 12.5. The van der Waals surface area contributed by atoms with Gasteiger partial charge in [-0.1, -0.05) is 31.0 Å². The monoisotopic (exact) mass is 349 g/mol. The average molecular weight is 349 g/mol. The summed E-state index contributed by atoms with van der Waals surface area (Å²) in [5, 5.41) is 8.46. The van der Waals surface area contributed by atoms with Gasteiger partial charge in [0.1, 0.15) is 5.76 Å². The zero-order valence-corrected chi connectivity index (χ0v) is 15.0. The number of amides is 1. The number of rotatable bonds is 6. The molecule has 0 saturated heterocycles. The van der Waals surface area contributed by atoms with Gasteiger partial charge >= 0.3 is 0 Å². The molecule has 0 aliphatic heterocycles. The first-order valence-corrected chi connectivity index (χ1v) is 9.48. The van der Waals surface area contributed by atoms with Crippen LogP contribution in [0.2, 0.25) is 0 Å². The van der Waals surface area contributed by atoms with Crippen LogP contribution in [0.4, 0.5) is 0 Å². The number of furan rings is 1. The fraction of sp³-hybridized carbons (Fsp3) is 0.588. The summed E-state index contributed by atoms with van der Waals surface area (Å²) in [4.78, 5) is 14.5. The Balaban J connectivity index is 1.57. The maximum absolute atomic E-state index is 12.5. The molecule has 24 heavy (non-hydrogen) atoms. The van der Waals surface area contributed by atoms with E-state index in [1.165, 1.54) is 31.0 Å². The molecule has 0 bridgehead atoms. The van der Waals surface area contributed by atoms with E-state index in [-0.39, 0.29) is 5.91 Å². The normalized spacial score (nSPS) is 15.6. The van der Waals surface area contributed by atoms with Gasteiger partial charge in [-0.25, -0.2) is 0 Å².